The van der Waals surface area contributed by atoms with Crippen LogP contribution in [0.5, 0.6) is 0 Å². The van der Waals surface area contributed by atoms with E-state index in [1.165, 1.54) is 0 Å². The molecule has 1 unspecified atom stereocenters. The number of Topliss-reactive ketones (excluding diaryl/α,β-unsaturated/α-hetero) is 1. The zero-order chi connectivity index (χ0) is 20.4. The maximum Gasteiger partial charge on any atom is 0.413 e. The fourth-order valence-corrected chi connectivity index (χ4v) is 4.25. The van der Waals surface area contributed by atoms with Crippen molar-refractivity contribution < 1.29 is 24.2 Å². The molecule has 2 aliphatic rings. The summed E-state index contributed by atoms with van der Waals surface area (Å²) >= 11 is 1.09. The second-order valence-corrected chi connectivity index (χ2v) is 8.09. The normalized spacial score (nSPS) is 20.3. The first-order valence-corrected chi connectivity index (χ1v) is 10.2. The summed E-state index contributed by atoms with van der Waals surface area (Å²) in [5, 5.41) is 13.5. The van der Waals surface area contributed by atoms with E-state index in [1.54, 1.807) is 18.3 Å². The Hall–Kier alpha value is -2.78. The molecule has 1 aliphatic heterocycles. The van der Waals surface area contributed by atoms with Crippen LogP contribution in [0.3, 0.4) is 0 Å². The maximum absolute atomic E-state index is 12.9. The number of ketones is 1. The smallest absolute Gasteiger partial charge is 0.413 e. The number of hydrogen-bond donors (Lipinski definition) is 2. The third-order valence-electron chi connectivity index (χ3n) is 4.94. The molecule has 0 spiro atoms. The van der Waals surface area contributed by atoms with Crippen LogP contribution >= 0.6 is 11.3 Å². The molecule has 9 heteroatoms. The molecule has 0 bridgehead atoms. The second-order valence-electron chi connectivity index (χ2n) is 7.09. The summed E-state index contributed by atoms with van der Waals surface area (Å²) in [5.41, 5.74) is 2.29. The molecule has 2 aromatic rings. The molecular weight excluding hydrogens is 394 g/mol. The minimum absolute atomic E-state index is 0.0609. The van der Waals surface area contributed by atoms with Crippen molar-refractivity contribution in [2.45, 2.75) is 26.2 Å². The Labute approximate surface area is 171 Å². The van der Waals surface area contributed by atoms with Crippen LogP contribution in [0.1, 0.15) is 39.5 Å². The fourth-order valence-electron chi connectivity index (χ4n) is 3.29. The first-order chi connectivity index (χ1) is 14.0. The van der Waals surface area contributed by atoms with E-state index in [1.807, 2.05) is 6.92 Å². The van der Waals surface area contributed by atoms with Gasteiger partial charge in [-0.3, -0.25) is 15.1 Å². The lowest BCUT2D eigenvalue weighted by atomic mass is 9.93. The molecule has 1 atom stereocenters. The highest BCUT2D eigenvalue weighted by Gasteiger charge is 2.30. The van der Waals surface area contributed by atoms with Gasteiger partial charge in [-0.2, -0.15) is 0 Å². The average Bonchev–Trinajstić information content (AvgIpc) is 3.36. The summed E-state index contributed by atoms with van der Waals surface area (Å²) in [6.45, 7) is 3.44. The SMILES string of the molecule is Cc1ccc(C(O)=C2CCc3nc(NC(=O)OCC4CCOC4)sc3C2=O)cn1. The highest BCUT2D eigenvalue weighted by molar-refractivity contribution is 7.18. The number of nitrogens with one attached hydrogen (secondary N) is 1. The molecule has 29 heavy (non-hydrogen) atoms. The monoisotopic (exact) mass is 415 g/mol. The second kappa shape index (κ2) is 8.30. The van der Waals surface area contributed by atoms with E-state index in [-0.39, 0.29) is 17.5 Å². The first-order valence-electron chi connectivity index (χ1n) is 9.42. The van der Waals surface area contributed by atoms with Gasteiger partial charge < -0.3 is 14.6 Å². The number of carbonyl (C=O) groups is 2. The van der Waals surface area contributed by atoms with Gasteiger partial charge in [-0.05, 0) is 38.3 Å². The lowest BCUT2D eigenvalue weighted by molar-refractivity contribution is 0.102. The highest BCUT2D eigenvalue weighted by atomic mass is 32.1. The number of fused-ring (bicyclic) bond motifs is 1. The largest absolute Gasteiger partial charge is 0.507 e. The molecule has 1 amide bonds. The molecule has 0 saturated carbocycles. The number of aliphatic hydroxyl groups is 1. The summed E-state index contributed by atoms with van der Waals surface area (Å²) in [7, 11) is 0. The van der Waals surface area contributed by atoms with Gasteiger partial charge in [-0.1, -0.05) is 11.3 Å². The number of nitrogens with zero attached hydrogens (tertiary/aromatic N) is 2. The number of hydrogen-bond acceptors (Lipinski definition) is 8. The fraction of sp³-hybridized carbons (Fsp3) is 0.400. The number of thiazole rings is 1. The Balaban J connectivity index is 1.45. The van der Waals surface area contributed by atoms with Gasteiger partial charge in [0.05, 0.1) is 18.9 Å². The molecule has 4 rings (SSSR count). The van der Waals surface area contributed by atoms with Gasteiger partial charge in [0.2, 0.25) is 5.78 Å². The third kappa shape index (κ3) is 4.30. The lowest BCUT2D eigenvalue weighted by Crippen LogP contribution is -2.18. The number of carbonyl (C=O) groups excluding carboxylic acids is 2. The number of amides is 1. The van der Waals surface area contributed by atoms with E-state index in [0.717, 1.165) is 23.5 Å². The molecule has 1 aliphatic carbocycles. The predicted octanol–water partition coefficient (Wildman–Crippen LogP) is 3.53. The number of rotatable bonds is 4. The van der Waals surface area contributed by atoms with Crippen molar-refractivity contribution in [2.75, 3.05) is 25.1 Å². The molecule has 1 fully saturated rings. The van der Waals surface area contributed by atoms with Gasteiger partial charge in [0, 0.05) is 35.6 Å². The Morgan fingerprint density at radius 2 is 2.28 bits per heavy atom. The van der Waals surface area contributed by atoms with Crippen LogP contribution in [0.4, 0.5) is 9.93 Å². The van der Waals surface area contributed by atoms with E-state index >= 15 is 0 Å². The van der Waals surface area contributed by atoms with Gasteiger partial charge in [-0.15, -0.1) is 0 Å². The quantitative estimate of drug-likeness (QED) is 0.580. The molecule has 3 heterocycles. The van der Waals surface area contributed by atoms with Gasteiger partial charge >= 0.3 is 6.09 Å². The van der Waals surface area contributed by atoms with Crippen molar-refractivity contribution in [2.24, 2.45) is 5.92 Å². The van der Waals surface area contributed by atoms with Crippen molar-refractivity contribution in [3.63, 3.8) is 0 Å². The number of aryl methyl sites for hydroxylation is 2. The van der Waals surface area contributed by atoms with E-state index in [0.29, 0.717) is 59.5 Å². The summed E-state index contributed by atoms with van der Waals surface area (Å²) in [5.74, 6) is -0.112. The number of allylic oxidation sites excluding steroid dienone is 1. The Kier molecular flexibility index (Phi) is 5.59. The van der Waals surface area contributed by atoms with Crippen LogP contribution in [-0.2, 0) is 15.9 Å². The van der Waals surface area contributed by atoms with Crippen molar-refractivity contribution in [1.29, 1.82) is 0 Å². The Bertz CT molecular complexity index is 961. The molecule has 8 nitrogen and oxygen atoms in total. The summed E-state index contributed by atoms with van der Waals surface area (Å²) in [4.78, 5) is 33.8. The van der Waals surface area contributed by atoms with E-state index < -0.39 is 6.09 Å². The molecule has 2 aromatic heterocycles. The Morgan fingerprint density at radius 3 is 3.00 bits per heavy atom. The number of aromatic nitrogens is 2. The first kappa shape index (κ1) is 19.5. The summed E-state index contributed by atoms with van der Waals surface area (Å²) in [6, 6.07) is 3.52. The van der Waals surface area contributed by atoms with Crippen molar-refractivity contribution in [3.05, 3.63) is 45.7 Å². The summed E-state index contributed by atoms with van der Waals surface area (Å²) in [6.07, 6.45) is 2.71. The van der Waals surface area contributed by atoms with E-state index in [2.05, 4.69) is 15.3 Å². The minimum atomic E-state index is -0.597. The van der Waals surface area contributed by atoms with Gasteiger partial charge in [0.15, 0.2) is 5.13 Å². The van der Waals surface area contributed by atoms with Crippen LogP contribution in [0.25, 0.3) is 5.76 Å². The van der Waals surface area contributed by atoms with Crippen molar-refractivity contribution >= 4 is 34.1 Å². The molecule has 2 N–H and O–H groups in total. The van der Waals surface area contributed by atoms with Crippen LogP contribution < -0.4 is 5.32 Å². The van der Waals surface area contributed by atoms with Crippen LogP contribution in [-0.4, -0.2) is 46.8 Å². The molecule has 1 saturated heterocycles. The number of anilines is 1. The topological polar surface area (TPSA) is 111 Å². The zero-order valence-corrected chi connectivity index (χ0v) is 16.8. The van der Waals surface area contributed by atoms with E-state index in [4.69, 9.17) is 9.47 Å². The van der Waals surface area contributed by atoms with Crippen molar-refractivity contribution in [3.8, 4) is 0 Å². The molecule has 0 aromatic carbocycles. The van der Waals surface area contributed by atoms with Gasteiger partial charge in [-0.25, -0.2) is 9.78 Å². The number of pyridine rings is 1. The molecule has 152 valence electrons. The maximum atomic E-state index is 12.9. The molecular formula is C20H21N3O5S. The lowest BCUT2D eigenvalue weighted by Gasteiger charge is -2.14. The predicted molar refractivity (Wildman–Crippen MR) is 107 cm³/mol. The standard InChI is InChI=1S/C20H21N3O5S/c1-11-2-3-13(8-21-11)16(24)14-4-5-15-18(17(14)25)29-19(22-15)23-20(26)28-10-12-6-7-27-9-12/h2-3,8,12,24H,4-7,9-10H2,1H3,(H,22,23,26). The third-order valence-corrected chi connectivity index (χ3v) is 5.96. The summed E-state index contributed by atoms with van der Waals surface area (Å²) < 4.78 is 10.5. The van der Waals surface area contributed by atoms with Crippen LogP contribution in [0.2, 0.25) is 0 Å². The number of aliphatic hydroxyl groups excluding tert-OH is 1. The Morgan fingerprint density at radius 1 is 1.41 bits per heavy atom. The van der Waals surface area contributed by atoms with Gasteiger partial charge in [0.1, 0.15) is 10.6 Å². The number of ether oxygens (including phenoxy) is 2. The van der Waals surface area contributed by atoms with Crippen LogP contribution in [0, 0.1) is 12.8 Å². The average molecular weight is 415 g/mol. The van der Waals surface area contributed by atoms with E-state index in [9.17, 15) is 14.7 Å². The zero-order valence-electron chi connectivity index (χ0n) is 15.9. The molecule has 0 radical (unpaired) electrons. The van der Waals surface area contributed by atoms with Crippen molar-refractivity contribution in [1.82, 2.24) is 9.97 Å². The minimum Gasteiger partial charge on any atom is -0.507 e. The highest BCUT2D eigenvalue weighted by Crippen LogP contribution is 2.34. The van der Waals surface area contributed by atoms with Crippen LogP contribution in [0.15, 0.2) is 23.9 Å². The van der Waals surface area contributed by atoms with Gasteiger partial charge in [0.25, 0.3) is 0 Å².